The Bertz CT molecular complexity index is 922. The molecule has 3 aromatic rings. The molecule has 3 N–H and O–H groups in total. The van der Waals surface area contributed by atoms with Gasteiger partial charge in [0, 0.05) is 12.6 Å². The lowest BCUT2D eigenvalue weighted by atomic mass is 9.99. The van der Waals surface area contributed by atoms with Crippen LogP contribution in [0.3, 0.4) is 0 Å². The third-order valence-corrected chi connectivity index (χ3v) is 4.44. The second kappa shape index (κ2) is 9.48. The van der Waals surface area contributed by atoms with Crippen molar-refractivity contribution in [2.75, 3.05) is 6.54 Å². The molecule has 0 bridgehead atoms. The van der Waals surface area contributed by atoms with Crippen LogP contribution in [-0.4, -0.2) is 22.6 Å². The summed E-state index contributed by atoms with van der Waals surface area (Å²) in [6.45, 7) is 6.37. The van der Waals surface area contributed by atoms with Gasteiger partial charge >= 0.3 is 0 Å². The second-order valence-electron chi connectivity index (χ2n) is 6.83. The summed E-state index contributed by atoms with van der Waals surface area (Å²) >= 11 is 0. The summed E-state index contributed by atoms with van der Waals surface area (Å²) < 4.78 is 5.20. The zero-order valence-electron chi connectivity index (χ0n) is 16.2. The highest BCUT2D eigenvalue weighted by Gasteiger charge is 2.17. The number of halogens is 1. The molecule has 1 aromatic heterocycles. The van der Waals surface area contributed by atoms with Crippen LogP contribution in [-0.2, 0) is 0 Å². The van der Waals surface area contributed by atoms with E-state index in [9.17, 15) is 4.79 Å². The van der Waals surface area contributed by atoms with Crippen LogP contribution in [0.15, 0.2) is 53.1 Å². The summed E-state index contributed by atoms with van der Waals surface area (Å²) in [6, 6.07) is 15.0. The molecule has 7 heteroatoms. The Morgan fingerprint density at radius 1 is 1.11 bits per heavy atom. The highest BCUT2D eigenvalue weighted by Crippen LogP contribution is 2.22. The van der Waals surface area contributed by atoms with Gasteiger partial charge in [0.25, 0.3) is 11.8 Å². The minimum absolute atomic E-state index is 0. The molecule has 2 aromatic carbocycles. The maximum atomic E-state index is 12.7. The molecule has 0 radical (unpaired) electrons. The molecule has 0 saturated carbocycles. The Kier molecular flexibility index (Phi) is 7.31. The van der Waals surface area contributed by atoms with Crippen LogP contribution in [0.2, 0.25) is 0 Å². The fourth-order valence-electron chi connectivity index (χ4n) is 2.82. The number of benzene rings is 2. The molecular weight excluding hydrogens is 376 g/mol. The molecule has 1 heterocycles. The molecule has 28 heavy (non-hydrogen) atoms. The fourth-order valence-corrected chi connectivity index (χ4v) is 2.82. The highest BCUT2D eigenvalue weighted by molar-refractivity contribution is 5.99. The van der Waals surface area contributed by atoms with Gasteiger partial charge in [-0.15, -0.1) is 12.4 Å². The predicted molar refractivity (Wildman–Crippen MR) is 112 cm³/mol. The molecule has 0 aliphatic rings. The van der Waals surface area contributed by atoms with Crippen molar-refractivity contribution in [1.29, 1.82) is 0 Å². The van der Waals surface area contributed by atoms with Gasteiger partial charge < -0.3 is 15.6 Å². The van der Waals surface area contributed by atoms with Gasteiger partial charge in [0.1, 0.15) is 0 Å². The lowest BCUT2D eigenvalue weighted by Crippen LogP contribution is -2.32. The van der Waals surface area contributed by atoms with Gasteiger partial charge in [0.15, 0.2) is 5.82 Å². The van der Waals surface area contributed by atoms with Crippen molar-refractivity contribution in [1.82, 2.24) is 15.5 Å². The maximum Gasteiger partial charge on any atom is 0.258 e. The average molecular weight is 401 g/mol. The number of nitrogens with zero attached hydrogens (tertiary/aromatic N) is 2. The number of rotatable bonds is 6. The van der Waals surface area contributed by atoms with E-state index in [-0.39, 0.29) is 24.4 Å². The SMILES string of the molecule is Cc1noc(-c2ccccc2C(=O)NCC(N)c2ccc(C(C)C)cc2)n1.Cl. The molecular formula is C21H25ClN4O2. The third-order valence-electron chi connectivity index (χ3n) is 4.44. The van der Waals surface area contributed by atoms with Gasteiger partial charge in [-0.3, -0.25) is 4.79 Å². The number of nitrogens with two attached hydrogens (primary N) is 1. The van der Waals surface area contributed by atoms with Crippen molar-refractivity contribution in [2.45, 2.75) is 32.7 Å². The number of hydrogen-bond donors (Lipinski definition) is 2. The highest BCUT2D eigenvalue weighted by atomic mass is 35.5. The minimum atomic E-state index is -0.284. The summed E-state index contributed by atoms with van der Waals surface area (Å²) in [5.41, 5.74) is 9.57. The first-order valence-electron chi connectivity index (χ1n) is 8.99. The minimum Gasteiger partial charge on any atom is -0.350 e. The number of carbonyl (C=O) groups is 1. The quantitative estimate of drug-likeness (QED) is 0.651. The number of amides is 1. The largest absolute Gasteiger partial charge is 0.350 e. The van der Waals surface area contributed by atoms with Crippen molar-refractivity contribution < 1.29 is 9.32 Å². The molecule has 6 nitrogen and oxygen atoms in total. The van der Waals surface area contributed by atoms with Gasteiger partial charge in [-0.2, -0.15) is 4.98 Å². The van der Waals surface area contributed by atoms with E-state index in [1.807, 2.05) is 18.2 Å². The number of carbonyl (C=O) groups excluding carboxylic acids is 1. The predicted octanol–water partition coefficient (Wildman–Crippen LogP) is 4.02. The molecule has 1 amide bonds. The van der Waals surface area contributed by atoms with Crippen LogP contribution >= 0.6 is 12.4 Å². The van der Waals surface area contributed by atoms with E-state index < -0.39 is 0 Å². The van der Waals surface area contributed by atoms with Gasteiger partial charge in [-0.1, -0.05) is 55.4 Å². The third kappa shape index (κ3) is 4.97. The van der Waals surface area contributed by atoms with E-state index in [1.165, 1.54) is 5.56 Å². The van der Waals surface area contributed by atoms with E-state index in [4.69, 9.17) is 10.3 Å². The Morgan fingerprint density at radius 2 is 1.75 bits per heavy atom. The lowest BCUT2D eigenvalue weighted by Gasteiger charge is -2.15. The molecule has 0 spiro atoms. The van der Waals surface area contributed by atoms with Crippen LogP contribution < -0.4 is 11.1 Å². The van der Waals surface area contributed by atoms with Gasteiger partial charge in [-0.05, 0) is 36.1 Å². The average Bonchev–Trinajstić information content (AvgIpc) is 3.12. The molecule has 1 atom stereocenters. The van der Waals surface area contributed by atoms with Crippen LogP contribution in [0.1, 0.15) is 53.1 Å². The number of aromatic nitrogens is 2. The van der Waals surface area contributed by atoms with Gasteiger partial charge in [0.2, 0.25) is 0 Å². The summed E-state index contributed by atoms with van der Waals surface area (Å²) in [5, 5.41) is 6.69. The lowest BCUT2D eigenvalue weighted by molar-refractivity contribution is 0.0951. The number of nitrogens with one attached hydrogen (secondary N) is 1. The first kappa shape index (κ1) is 21.6. The molecule has 1 unspecified atom stereocenters. The monoisotopic (exact) mass is 400 g/mol. The second-order valence-corrected chi connectivity index (χ2v) is 6.83. The standard InChI is InChI=1S/C21H24N4O2.ClH/c1-13(2)15-8-10-16(11-9-15)19(22)12-23-20(26)17-6-4-5-7-18(17)21-24-14(3)25-27-21;/h4-11,13,19H,12,22H2,1-3H3,(H,23,26);1H. The van der Waals surface area contributed by atoms with Crippen LogP contribution in [0.25, 0.3) is 11.5 Å². The summed E-state index contributed by atoms with van der Waals surface area (Å²) in [5.74, 6) is 1.09. The molecule has 0 saturated heterocycles. The van der Waals surface area contributed by atoms with Crippen LogP contribution in [0.5, 0.6) is 0 Å². The number of hydrogen-bond acceptors (Lipinski definition) is 5. The van der Waals surface area contributed by atoms with E-state index >= 15 is 0 Å². The van der Waals surface area contributed by atoms with Crippen molar-refractivity contribution in [3.8, 4) is 11.5 Å². The zero-order valence-corrected chi connectivity index (χ0v) is 17.0. The topological polar surface area (TPSA) is 94.0 Å². The zero-order chi connectivity index (χ0) is 19.4. The molecule has 0 aliphatic carbocycles. The van der Waals surface area contributed by atoms with Gasteiger partial charge in [-0.25, -0.2) is 0 Å². The van der Waals surface area contributed by atoms with Gasteiger partial charge in [0.05, 0.1) is 11.1 Å². The van der Waals surface area contributed by atoms with Crippen molar-refractivity contribution in [2.24, 2.45) is 5.73 Å². The van der Waals surface area contributed by atoms with E-state index in [1.54, 1.807) is 25.1 Å². The summed E-state index contributed by atoms with van der Waals surface area (Å²) in [6.07, 6.45) is 0. The van der Waals surface area contributed by atoms with E-state index in [0.717, 1.165) is 5.56 Å². The Morgan fingerprint density at radius 3 is 2.36 bits per heavy atom. The first-order chi connectivity index (χ1) is 13.0. The maximum absolute atomic E-state index is 12.7. The number of aryl methyl sites for hydroxylation is 1. The Labute approximate surface area is 170 Å². The Hall–Kier alpha value is -2.70. The van der Waals surface area contributed by atoms with Crippen LogP contribution in [0.4, 0.5) is 0 Å². The molecule has 3 rings (SSSR count). The molecule has 0 fully saturated rings. The summed E-state index contributed by atoms with van der Waals surface area (Å²) in [7, 11) is 0. The summed E-state index contributed by atoms with van der Waals surface area (Å²) in [4.78, 5) is 16.9. The van der Waals surface area contributed by atoms with Crippen molar-refractivity contribution in [3.63, 3.8) is 0 Å². The van der Waals surface area contributed by atoms with Crippen molar-refractivity contribution >= 4 is 18.3 Å². The fraction of sp³-hybridized carbons (Fsp3) is 0.286. The smallest absolute Gasteiger partial charge is 0.258 e. The Balaban J connectivity index is 0.00000280. The van der Waals surface area contributed by atoms with E-state index in [2.05, 4.69) is 41.4 Å². The van der Waals surface area contributed by atoms with Crippen molar-refractivity contribution in [3.05, 3.63) is 71.0 Å². The van der Waals surface area contributed by atoms with Crippen LogP contribution in [0, 0.1) is 6.92 Å². The van der Waals surface area contributed by atoms with E-state index in [0.29, 0.717) is 35.3 Å². The first-order valence-corrected chi connectivity index (χ1v) is 8.99. The molecule has 0 aliphatic heterocycles. The normalized spacial score (nSPS) is 11.8. The molecule has 148 valence electrons.